The van der Waals surface area contributed by atoms with E-state index in [1.165, 1.54) is 0 Å². The van der Waals surface area contributed by atoms with E-state index in [4.69, 9.17) is 16.3 Å². The molecule has 1 saturated carbocycles. The Labute approximate surface area is 129 Å². The van der Waals surface area contributed by atoms with Crippen LogP contribution in [0.4, 0.5) is 0 Å². The lowest BCUT2D eigenvalue weighted by Gasteiger charge is -2.26. The Morgan fingerprint density at radius 1 is 1.33 bits per heavy atom. The van der Waals surface area contributed by atoms with Gasteiger partial charge in [-0.1, -0.05) is 23.7 Å². The highest BCUT2D eigenvalue weighted by Crippen LogP contribution is 2.38. The number of rotatable bonds is 2. The second-order valence-corrected chi connectivity index (χ2v) is 6.32. The van der Waals surface area contributed by atoms with Crippen molar-refractivity contribution in [3.05, 3.63) is 28.8 Å². The number of aliphatic hydroxyl groups is 1. The summed E-state index contributed by atoms with van der Waals surface area (Å²) in [6.45, 7) is 0.591. The molecule has 0 spiro atoms. The number of ether oxygens (including phenoxy) is 1. The minimum absolute atomic E-state index is 0.154. The molecule has 1 fully saturated rings. The van der Waals surface area contributed by atoms with Crippen molar-refractivity contribution in [3.63, 3.8) is 0 Å². The number of hydrogen-bond acceptors (Lipinski definition) is 3. The largest absolute Gasteiger partial charge is 0.492 e. The number of hydrogen-bond donors (Lipinski definition) is 2. The predicted molar refractivity (Wildman–Crippen MR) is 80.5 cm³/mol. The molecule has 1 aromatic rings. The number of nitrogens with one attached hydrogen (secondary N) is 1. The van der Waals surface area contributed by atoms with Gasteiger partial charge in [0.25, 0.3) is 5.91 Å². The molecule has 0 saturated heterocycles. The average Bonchev–Trinajstić information content (AvgIpc) is 2.81. The smallest absolute Gasteiger partial charge is 0.252 e. The molecule has 1 unspecified atom stereocenters. The molecule has 0 bridgehead atoms. The summed E-state index contributed by atoms with van der Waals surface area (Å²) in [5, 5.41) is 14.0. The van der Waals surface area contributed by atoms with E-state index in [0.29, 0.717) is 30.2 Å². The van der Waals surface area contributed by atoms with Crippen molar-refractivity contribution in [2.45, 2.75) is 50.2 Å². The van der Waals surface area contributed by atoms with Crippen LogP contribution in [0.15, 0.2) is 18.2 Å². The molecule has 1 heterocycles. The van der Waals surface area contributed by atoms with Crippen LogP contribution < -0.4 is 10.1 Å². The summed E-state index contributed by atoms with van der Waals surface area (Å²) in [5.74, 6) is 0.387. The molecule has 21 heavy (non-hydrogen) atoms. The van der Waals surface area contributed by atoms with Crippen LogP contribution in [0.5, 0.6) is 5.75 Å². The fourth-order valence-corrected chi connectivity index (χ4v) is 3.44. The molecular formula is C16H20ClNO3. The Bertz CT molecular complexity index is 540. The minimum Gasteiger partial charge on any atom is -0.492 e. The van der Waals surface area contributed by atoms with Crippen molar-refractivity contribution < 1.29 is 14.6 Å². The van der Waals surface area contributed by atoms with Gasteiger partial charge in [0.1, 0.15) is 11.4 Å². The standard InChI is InChI=1S/C16H20ClNO3/c17-12-6-3-5-11-13(7-4-10-21-14(11)12)18-15(19)16(20)8-1-2-9-16/h3,5-6,13,20H,1-2,4,7-10H2,(H,18,19). The Balaban J connectivity index is 1.83. The monoisotopic (exact) mass is 309 g/mol. The quantitative estimate of drug-likeness (QED) is 0.883. The molecule has 114 valence electrons. The van der Waals surface area contributed by atoms with Crippen molar-refractivity contribution in [2.75, 3.05) is 6.61 Å². The van der Waals surface area contributed by atoms with Gasteiger partial charge < -0.3 is 15.2 Å². The number of halogens is 1. The van der Waals surface area contributed by atoms with Crippen LogP contribution in [0.2, 0.25) is 5.02 Å². The summed E-state index contributed by atoms with van der Waals surface area (Å²) < 4.78 is 5.70. The highest BCUT2D eigenvalue weighted by Gasteiger charge is 2.40. The first-order valence-corrected chi connectivity index (χ1v) is 7.92. The van der Waals surface area contributed by atoms with Crippen LogP contribution in [-0.2, 0) is 4.79 Å². The molecule has 1 aliphatic carbocycles. The number of benzene rings is 1. The third-order valence-corrected chi connectivity index (χ3v) is 4.71. The molecule has 2 aliphatic rings. The maximum absolute atomic E-state index is 12.4. The number of fused-ring (bicyclic) bond motifs is 1. The van der Waals surface area contributed by atoms with Gasteiger partial charge in [0, 0.05) is 5.56 Å². The molecule has 0 radical (unpaired) electrons. The van der Waals surface area contributed by atoms with Crippen LogP contribution >= 0.6 is 11.6 Å². The zero-order chi connectivity index (χ0) is 14.9. The normalized spacial score (nSPS) is 23.8. The van der Waals surface area contributed by atoms with Gasteiger partial charge in [-0.3, -0.25) is 4.79 Å². The molecule has 2 N–H and O–H groups in total. The molecule has 1 atom stereocenters. The Kier molecular flexibility index (Phi) is 4.09. The lowest BCUT2D eigenvalue weighted by Crippen LogP contribution is -2.46. The van der Waals surface area contributed by atoms with E-state index in [1.807, 2.05) is 12.1 Å². The topological polar surface area (TPSA) is 58.6 Å². The fraction of sp³-hybridized carbons (Fsp3) is 0.562. The maximum Gasteiger partial charge on any atom is 0.252 e. The van der Waals surface area contributed by atoms with Gasteiger partial charge in [-0.15, -0.1) is 0 Å². The first kappa shape index (κ1) is 14.7. The van der Waals surface area contributed by atoms with Gasteiger partial charge in [-0.25, -0.2) is 0 Å². The molecular weight excluding hydrogens is 290 g/mol. The van der Waals surface area contributed by atoms with Gasteiger partial charge in [0.15, 0.2) is 0 Å². The van der Waals surface area contributed by atoms with E-state index in [2.05, 4.69) is 5.32 Å². The number of para-hydroxylation sites is 1. The molecule has 1 aliphatic heterocycles. The highest BCUT2D eigenvalue weighted by atomic mass is 35.5. The van der Waals surface area contributed by atoms with Gasteiger partial charge in [0.2, 0.25) is 0 Å². The summed E-state index contributed by atoms with van der Waals surface area (Å²) in [6.07, 6.45) is 4.53. The van der Waals surface area contributed by atoms with E-state index in [9.17, 15) is 9.90 Å². The van der Waals surface area contributed by atoms with E-state index in [0.717, 1.165) is 31.2 Å². The van der Waals surface area contributed by atoms with Crippen molar-refractivity contribution in [1.82, 2.24) is 5.32 Å². The van der Waals surface area contributed by atoms with Crippen molar-refractivity contribution in [1.29, 1.82) is 0 Å². The van der Waals surface area contributed by atoms with E-state index < -0.39 is 5.60 Å². The van der Waals surface area contributed by atoms with Crippen molar-refractivity contribution >= 4 is 17.5 Å². The van der Waals surface area contributed by atoms with Gasteiger partial charge in [-0.05, 0) is 44.6 Å². The maximum atomic E-state index is 12.4. The average molecular weight is 310 g/mol. The SMILES string of the molecule is O=C(NC1CCCOc2c(Cl)cccc21)C1(O)CCCC1. The third kappa shape index (κ3) is 2.87. The van der Waals surface area contributed by atoms with Crippen LogP contribution in [0.3, 0.4) is 0 Å². The summed E-state index contributed by atoms with van der Waals surface area (Å²) in [4.78, 5) is 12.4. The minimum atomic E-state index is -1.20. The van der Waals surface area contributed by atoms with E-state index in [-0.39, 0.29) is 11.9 Å². The second-order valence-electron chi connectivity index (χ2n) is 5.91. The molecule has 1 amide bonds. The number of amides is 1. The summed E-state index contributed by atoms with van der Waals surface area (Å²) in [7, 11) is 0. The van der Waals surface area contributed by atoms with Crippen molar-refractivity contribution in [2.24, 2.45) is 0 Å². The lowest BCUT2D eigenvalue weighted by atomic mass is 9.97. The molecule has 4 nitrogen and oxygen atoms in total. The van der Waals surface area contributed by atoms with Gasteiger partial charge in [-0.2, -0.15) is 0 Å². The number of carbonyl (C=O) groups is 1. The first-order chi connectivity index (χ1) is 10.1. The van der Waals surface area contributed by atoms with Crippen LogP contribution in [0.1, 0.15) is 50.1 Å². The van der Waals surface area contributed by atoms with Crippen LogP contribution in [-0.4, -0.2) is 23.2 Å². The van der Waals surface area contributed by atoms with Crippen LogP contribution in [0, 0.1) is 0 Å². The summed E-state index contributed by atoms with van der Waals surface area (Å²) >= 11 is 6.18. The highest BCUT2D eigenvalue weighted by molar-refractivity contribution is 6.32. The summed E-state index contributed by atoms with van der Waals surface area (Å²) in [5.41, 5.74) is -0.304. The fourth-order valence-electron chi connectivity index (χ4n) is 3.20. The van der Waals surface area contributed by atoms with Gasteiger partial charge in [0.05, 0.1) is 17.7 Å². The van der Waals surface area contributed by atoms with E-state index in [1.54, 1.807) is 6.07 Å². The lowest BCUT2D eigenvalue weighted by molar-refractivity contribution is -0.140. The van der Waals surface area contributed by atoms with Gasteiger partial charge >= 0.3 is 0 Å². The number of carbonyl (C=O) groups excluding carboxylic acids is 1. The van der Waals surface area contributed by atoms with Crippen molar-refractivity contribution in [3.8, 4) is 5.75 Å². The predicted octanol–water partition coefficient (Wildman–Crippen LogP) is 2.98. The first-order valence-electron chi connectivity index (χ1n) is 7.55. The molecule has 3 rings (SSSR count). The third-order valence-electron chi connectivity index (χ3n) is 4.42. The molecule has 1 aromatic carbocycles. The molecule has 0 aromatic heterocycles. The Hall–Kier alpha value is -1.26. The van der Waals surface area contributed by atoms with Crippen LogP contribution in [0.25, 0.3) is 0 Å². The zero-order valence-corrected chi connectivity index (χ0v) is 12.7. The van der Waals surface area contributed by atoms with E-state index >= 15 is 0 Å². The Morgan fingerprint density at radius 3 is 2.86 bits per heavy atom. The molecule has 5 heteroatoms. The second kappa shape index (κ2) is 5.85. The zero-order valence-electron chi connectivity index (χ0n) is 11.9. The summed E-state index contributed by atoms with van der Waals surface area (Å²) in [6, 6.07) is 5.42. The Morgan fingerprint density at radius 2 is 2.10 bits per heavy atom.